The molecule has 0 radical (unpaired) electrons. The van der Waals surface area contributed by atoms with Crippen molar-refractivity contribution in [2.75, 3.05) is 5.32 Å². The van der Waals surface area contributed by atoms with Crippen molar-refractivity contribution in [2.24, 2.45) is 0 Å². The molecule has 2 aromatic heterocycles. The predicted molar refractivity (Wildman–Crippen MR) is 110 cm³/mol. The van der Waals surface area contributed by atoms with Crippen LogP contribution in [0, 0.1) is 0 Å². The van der Waals surface area contributed by atoms with Crippen molar-refractivity contribution < 1.29 is 9.21 Å². The molecule has 2 heterocycles. The van der Waals surface area contributed by atoms with Crippen molar-refractivity contribution in [3.05, 3.63) is 102 Å². The lowest BCUT2D eigenvalue weighted by molar-refractivity contribution is 0.0994. The Bertz CT molecular complexity index is 1040. The van der Waals surface area contributed by atoms with E-state index < -0.39 is 0 Å². The van der Waals surface area contributed by atoms with Crippen LogP contribution in [0.1, 0.15) is 21.9 Å². The van der Waals surface area contributed by atoms with Gasteiger partial charge in [-0.2, -0.15) is 5.10 Å². The molecule has 6 heteroatoms. The summed E-state index contributed by atoms with van der Waals surface area (Å²) in [4.78, 5) is 13.7. The quantitative estimate of drug-likeness (QED) is 0.448. The van der Waals surface area contributed by atoms with Crippen molar-refractivity contribution in [3.8, 4) is 0 Å². The fraction of sp³-hybridized carbons (Fsp3) is 0.0909. The highest BCUT2D eigenvalue weighted by Gasteiger charge is 2.14. The summed E-state index contributed by atoms with van der Waals surface area (Å²) >= 11 is 1.67. The van der Waals surface area contributed by atoms with E-state index in [1.165, 1.54) is 0 Å². The molecule has 0 aliphatic carbocycles. The summed E-state index contributed by atoms with van der Waals surface area (Å²) in [6.07, 6.45) is 1.67. The zero-order chi connectivity index (χ0) is 19.2. The molecule has 140 valence electrons. The van der Waals surface area contributed by atoms with Crippen LogP contribution in [0.4, 0.5) is 5.82 Å². The summed E-state index contributed by atoms with van der Waals surface area (Å²) in [6.45, 7) is 0.584. The van der Waals surface area contributed by atoms with Gasteiger partial charge < -0.3 is 9.73 Å². The van der Waals surface area contributed by atoms with Crippen molar-refractivity contribution in [2.45, 2.75) is 17.2 Å². The van der Waals surface area contributed by atoms with Crippen molar-refractivity contribution in [1.29, 1.82) is 0 Å². The normalized spacial score (nSPS) is 10.7. The van der Waals surface area contributed by atoms with Gasteiger partial charge in [-0.05, 0) is 29.8 Å². The number of anilines is 1. The minimum Gasteiger partial charge on any atom is -0.455 e. The number of hydrogen-bond donors (Lipinski definition) is 1. The highest BCUT2D eigenvalue weighted by molar-refractivity contribution is 7.98. The van der Waals surface area contributed by atoms with Crippen LogP contribution in [-0.4, -0.2) is 15.7 Å². The Balaban J connectivity index is 1.38. The second kappa shape index (κ2) is 8.63. The van der Waals surface area contributed by atoms with Gasteiger partial charge in [-0.25, -0.2) is 4.68 Å². The third-order valence-corrected chi connectivity index (χ3v) is 5.18. The van der Waals surface area contributed by atoms with Gasteiger partial charge in [0.2, 0.25) is 0 Å². The first kappa shape index (κ1) is 18.1. The van der Waals surface area contributed by atoms with E-state index in [1.807, 2.05) is 54.6 Å². The molecule has 0 unspecified atom stereocenters. The topological polar surface area (TPSA) is 60.1 Å². The molecule has 1 amide bonds. The van der Waals surface area contributed by atoms with Gasteiger partial charge in [-0.3, -0.25) is 4.79 Å². The van der Waals surface area contributed by atoms with Crippen LogP contribution in [0.2, 0.25) is 0 Å². The number of rotatable bonds is 7. The highest BCUT2D eigenvalue weighted by Crippen LogP contribution is 2.23. The van der Waals surface area contributed by atoms with Crippen LogP contribution in [-0.2, 0) is 12.3 Å². The number of furan rings is 1. The Morgan fingerprint density at radius 1 is 0.964 bits per heavy atom. The Morgan fingerprint density at radius 2 is 1.71 bits per heavy atom. The van der Waals surface area contributed by atoms with E-state index in [1.54, 1.807) is 34.8 Å². The average Bonchev–Trinajstić information content (AvgIpc) is 3.38. The standard InChI is InChI=1S/C22H19N3O2S/c26-22(20-12-11-18(27-20)16-28-19-9-5-2-6-10-19)24-21-13-14-23-25(21)15-17-7-3-1-4-8-17/h1-14H,15-16H2,(H,24,26). The van der Waals surface area contributed by atoms with E-state index in [9.17, 15) is 4.79 Å². The van der Waals surface area contributed by atoms with Gasteiger partial charge in [0.1, 0.15) is 11.6 Å². The van der Waals surface area contributed by atoms with Crippen LogP contribution >= 0.6 is 11.8 Å². The molecule has 2 aromatic carbocycles. The van der Waals surface area contributed by atoms with Gasteiger partial charge in [-0.1, -0.05) is 48.5 Å². The molecule has 28 heavy (non-hydrogen) atoms. The highest BCUT2D eigenvalue weighted by atomic mass is 32.2. The first-order valence-electron chi connectivity index (χ1n) is 8.91. The number of nitrogens with one attached hydrogen (secondary N) is 1. The van der Waals surface area contributed by atoms with E-state index in [0.717, 1.165) is 16.2 Å². The molecule has 5 nitrogen and oxygen atoms in total. The third-order valence-electron chi connectivity index (χ3n) is 4.14. The number of nitrogens with zero attached hydrogens (tertiary/aromatic N) is 2. The zero-order valence-corrected chi connectivity index (χ0v) is 15.9. The first-order valence-corrected chi connectivity index (χ1v) is 9.90. The Kier molecular flexibility index (Phi) is 5.58. The van der Waals surface area contributed by atoms with Gasteiger partial charge in [0.05, 0.1) is 18.5 Å². The monoisotopic (exact) mass is 389 g/mol. The van der Waals surface area contributed by atoms with Crippen molar-refractivity contribution >= 4 is 23.5 Å². The number of amides is 1. The summed E-state index contributed by atoms with van der Waals surface area (Å²) in [5, 5.41) is 7.17. The molecule has 0 aliphatic heterocycles. The third kappa shape index (κ3) is 4.53. The Labute approximate surface area is 167 Å². The molecule has 0 atom stereocenters. The molecule has 0 spiro atoms. The maximum atomic E-state index is 12.6. The number of aromatic nitrogens is 2. The maximum Gasteiger partial charge on any atom is 0.292 e. The summed E-state index contributed by atoms with van der Waals surface area (Å²) in [5.74, 6) is 2.06. The van der Waals surface area contributed by atoms with E-state index in [4.69, 9.17) is 4.42 Å². The molecule has 4 aromatic rings. The van der Waals surface area contributed by atoms with Crippen LogP contribution < -0.4 is 5.32 Å². The summed E-state index contributed by atoms with van der Waals surface area (Å²) < 4.78 is 7.46. The molecule has 4 rings (SSSR count). The van der Waals surface area contributed by atoms with Crippen molar-refractivity contribution in [1.82, 2.24) is 9.78 Å². The molecule has 0 aliphatic rings. The number of benzene rings is 2. The minimum absolute atomic E-state index is 0.286. The number of carbonyl (C=O) groups is 1. The zero-order valence-electron chi connectivity index (χ0n) is 15.1. The number of carbonyl (C=O) groups excluding carboxylic acids is 1. The largest absolute Gasteiger partial charge is 0.455 e. The minimum atomic E-state index is -0.286. The van der Waals surface area contributed by atoms with Crippen LogP contribution in [0.3, 0.4) is 0 Å². The summed E-state index contributed by atoms with van der Waals surface area (Å²) in [7, 11) is 0. The maximum absolute atomic E-state index is 12.6. The van der Waals surface area contributed by atoms with Crippen molar-refractivity contribution in [3.63, 3.8) is 0 Å². The van der Waals surface area contributed by atoms with Crippen LogP contribution in [0.5, 0.6) is 0 Å². The predicted octanol–water partition coefficient (Wildman–Crippen LogP) is 5.07. The van der Waals surface area contributed by atoms with Crippen LogP contribution in [0.25, 0.3) is 0 Å². The molecular weight excluding hydrogens is 370 g/mol. The second-order valence-corrected chi connectivity index (χ2v) is 7.23. The summed E-state index contributed by atoms with van der Waals surface area (Å²) in [6, 6.07) is 25.4. The lowest BCUT2D eigenvalue weighted by Crippen LogP contribution is -2.15. The van der Waals surface area contributed by atoms with Gasteiger partial charge in [0, 0.05) is 11.0 Å². The molecule has 0 saturated heterocycles. The molecule has 0 saturated carbocycles. The Hall–Kier alpha value is -3.25. The number of hydrogen-bond acceptors (Lipinski definition) is 4. The van der Waals surface area contributed by atoms with Gasteiger partial charge >= 0.3 is 0 Å². The van der Waals surface area contributed by atoms with E-state index >= 15 is 0 Å². The fourth-order valence-corrected chi connectivity index (χ4v) is 3.56. The van der Waals surface area contributed by atoms with Gasteiger partial charge in [-0.15, -0.1) is 11.8 Å². The number of thioether (sulfide) groups is 1. The fourth-order valence-electron chi connectivity index (χ4n) is 2.75. The molecular formula is C22H19N3O2S. The lowest BCUT2D eigenvalue weighted by atomic mass is 10.2. The van der Waals surface area contributed by atoms with Gasteiger partial charge in [0.25, 0.3) is 5.91 Å². The summed E-state index contributed by atoms with van der Waals surface area (Å²) in [5.41, 5.74) is 1.11. The molecule has 1 N–H and O–H groups in total. The molecule has 0 fully saturated rings. The SMILES string of the molecule is O=C(Nc1ccnn1Cc1ccccc1)c1ccc(CSc2ccccc2)o1. The smallest absolute Gasteiger partial charge is 0.292 e. The van der Waals surface area contributed by atoms with Gasteiger partial charge in [0.15, 0.2) is 5.76 Å². The Morgan fingerprint density at radius 3 is 2.50 bits per heavy atom. The average molecular weight is 389 g/mol. The first-order chi connectivity index (χ1) is 13.8. The second-order valence-electron chi connectivity index (χ2n) is 6.18. The van der Waals surface area contributed by atoms with E-state index in [0.29, 0.717) is 18.1 Å². The van der Waals surface area contributed by atoms with E-state index in [2.05, 4.69) is 22.5 Å². The molecule has 0 bridgehead atoms. The lowest BCUT2D eigenvalue weighted by Gasteiger charge is -2.08. The van der Waals surface area contributed by atoms with E-state index in [-0.39, 0.29) is 11.7 Å². The van der Waals surface area contributed by atoms with Crippen LogP contribution in [0.15, 0.2) is 94.4 Å².